The van der Waals surface area contributed by atoms with Gasteiger partial charge in [0.25, 0.3) is 0 Å². The Balaban J connectivity index is 2.33. The van der Waals surface area contributed by atoms with Crippen molar-refractivity contribution in [3.63, 3.8) is 0 Å². The molecule has 1 atom stereocenters. The van der Waals surface area contributed by atoms with E-state index in [0.29, 0.717) is 0 Å². The third-order valence-electron chi connectivity index (χ3n) is 2.18. The number of benzene rings is 1. The van der Waals surface area contributed by atoms with Crippen LogP contribution in [0.3, 0.4) is 0 Å². The molecular formula is C11H12O. The third kappa shape index (κ3) is 1.28. The van der Waals surface area contributed by atoms with Gasteiger partial charge in [0.1, 0.15) is 6.10 Å². The number of aryl methyl sites for hydroxylation is 1. The SMILES string of the molecule is Cc1ccccc1C1C=CCO1. The first-order valence-electron chi connectivity index (χ1n) is 4.22. The standard InChI is InChI=1S/C11H12O/c1-9-5-2-3-6-10(9)11-7-4-8-12-11/h2-7,11H,8H2,1H3. The Bertz CT molecular complexity index is 302. The summed E-state index contributed by atoms with van der Waals surface area (Å²) in [6, 6.07) is 8.34. The molecule has 0 radical (unpaired) electrons. The van der Waals surface area contributed by atoms with Gasteiger partial charge < -0.3 is 4.74 Å². The van der Waals surface area contributed by atoms with Crippen LogP contribution in [0.15, 0.2) is 36.4 Å². The Morgan fingerprint density at radius 2 is 2.17 bits per heavy atom. The van der Waals surface area contributed by atoms with E-state index in [0.717, 1.165) is 6.61 Å². The minimum Gasteiger partial charge on any atom is -0.365 e. The number of rotatable bonds is 1. The van der Waals surface area contributed by atoms with E-state index in [9.17, 15) is 0 Å². The molecule has 0 fully saturated rings. The molecule has 0 saturated carbocycles. The molecule has 62 valence electrons. The van der Waals surface area contributed by atoms with E-state index in [2.05, 4.69) is 43.3 Å². The second kappa shape index (κ2) is 3.11. The fraction of sp³-hybridized carbons (Fsp3) is 0.273. The van der Waals surface area contributed by atoms with Gasteiger partial charge in [-0.25, -0.2) is 0 Å². The predicted molar refractivity (Wildman–Crippen MR) is 49.0 cm³/mol. The first-order chi connectivity index (χ1) is 5.88. The fourth-order valence-electron chi connectivity index (χ4n) is 1.49. The van der Waals surface area contributed by atoms with E-state index in [1.54, 1.807) is 0 Å². The second-order valence-corrected chi connectivity index (χ2v) is 3.04. The summed E-state index contributed by atoms with van der Waals surface area (Å²) in [5.41, 5.74) is 2.58. The monoisotopic (exact) mass is 160 g/mol. The fourth-order valence-corrected chi connectivity index (χ4v) is 1.49. The molecule has 0 aromatic heterocycles. The third-order valence-corrected chi connectivity index (χ3v) is 2.18. The molecule has 0 saturated heterocycles. The lowest BCUT2D eigenvalue weighted by molar-refractivity contribution is 0.129. The average molecular weight is 160 g/mol. The summed E-state index contributed by atoms with van der Waals surface area (Å²) in [5, 5.41) is 0. The maximum Gasteiger partial charge on any atom is 0.101 e. The van der Waals surface area contributed by atoms with Crippen LogP contribution in [0, 0.1) is 6.92 Å². The van der Waals surface area contributed by atoms with E-state index in [4.69, 9.17) is 4.74 Å². The van der Waals surface area contributed by atoms with E-state index in [-0.39, 0.29) is 6.10 Å². The number of hydrogen-bond donors (Lipinski definition) is 0. The summed E-state index contributed by atoms with van der Waals surface area (Å²) in [6.45, 7) is 2.86. The molecule has 1 nitrogen and oxygen atoms in total. The van der Waals surface area contributed by atoms with Crippen molar-refractivity contribution >= 4 is 0 Å². The Labute approximate surface area is 72.7 Å². The van der Waals surface area contributed by atoms with Gasteiger partial charge in [-0.05, 0) is 18.1 Å². The van der Waals surface area contributed by atoms with Gasteiger partial charge in [0.05, 0.1) is 6.61 Å². The summed E-state index contributed by atoms with van der Waals surface area (Å²) in [5.74, 6) is 0. The Kier molecular flexibility index (Phi) is 1.96. The predicted octanol–water partition coefficient (Wildman–Crippen LogP) is 2.62. The first-order valence-corrected chi connectivity index (χ1v) is 4.22. The molecule has 1 heterocycles. The van der Waals surface area contributed by atoms with Crippen LogP contribution in [-0.2, 0) is 4.74 Å². The van der Waals surface area contributed by atoms with Gasteiger partial charge in [-0.1, -0.05) is 36.4 Å². The molecule has 1 heteroatoms. The maximum atomic E-state index is 5.51. The Morgan fingerprint density at radius 3 is 2.83 bits per heavy atom. The Morgan fingerprint density at radius 1 is 1.33 bits per heavy atom. The second-order valence-electron chi connectivity index (χ2n) is 3.04. The highest BCUT2D eigenvalue weighted by Crippen LogP contribution is 2.25. The smallest absolute Gasteiger partial charge is 0.101 e. The van der Waals surface area contributed by atoms with E-state index in [1.165, 1.54) is 11.1 Å². The molecular weight excluding hydrogens is 148 g/mol. The van der Waals surface area contributed by atoms with Crippen molar-refractivity contribution in [2.24, 2.45) is 0 Å². The summed E-state index contributed by atoms with van der Waals surface area (Å²) in [6.07, 6.45) is 4.37. The molecule has 0 aliphatic carbocycles. The van der Waals surface area contributed by atoms with Gasteiger partial charge >= 0.3 is 0 Å². The highest BCUT2D eigenvalue weighted by atomic mass is 16.5. The average Bonchev–Trinajstić information content (AvgIpc) is 2.57. The zero-order chi connectivity index (χ0) is 8.39. The van der Waals surface area contributed by atoms with E-state index < -0.39 is 0 Å². The lowest BCUT2D eigenvalue weighted by atomic mass is 10.0. The van der Waals surface area contributed by atoms with Crippen LogP contribution in [0.2, 0.25) is 0 Å². The molecule has 2 rings (SSSR count). The van der Waals surface area contributed by atoms with Crippen molar-refractivity contribution in [2.75, 3.05) is 6.61 Å². The quantitative estimate of drug-likeness (QED) is 0.574. The van der Waals surface area contributed by atoms with Crippen molar-refractivity contribution in [3.8, 4) is 0 Å². The topological polar surface area (TPSA) is 9.23 Å². The van der Waals surface area contributed by atoms with Gasteiger partial charge in [-0.2, -0.15) is 0 Å². The van der Waals surface area contributed by atoms with Gasteiger partial charge in [0.2, 0.25) is 0 Å². The molecule has 0 spiro atoms. The van der Waals surface area contributed by atoms with E-state index in [1.807, 2.05) is 0 Å². The largest absolute Gasteiger partial charge is 0.365 e. The minimum atomic E-state index is 0.186. The summed E-state index contributed by atoms with van der Waals surface area (Å²) in [4.78, 5) is 0. The normalized spacial score (nSPS) is 21.6. The van der Waals surface area contributed by atoms with Gasteiger partial charge in [-0.3, -0.25) is 0 Å². The van der Waals surface area contributed by atoms with Gasteiger partial charge in [0, 0.05) is 0 Å². The highest BCUT2D eigenvalue weighted by Gasteiger charge is 2.12. The molecule has 1 aromatic carbocycles. The van der Waals surface area contributed by atoms with Crippen LogP contribution in [-0.4, -0.2) is 6.61 Å². The molecule has 1 aromatic rings. The van der Waals surface area contributed by atoms with E-state index >= 15 is 0 Å². The molecule has 0 N–H and O–H groups in total. The summed E-state index contributed by atoms with van der Waals surface area (Å²) < 4.78 is 5.51. The zero-order valence-electron chi connectivity index (χ0n) is 7.16. The van der Waals surface area contributed by atoms with Crippen LogP contribution >= 0.6 is 0 Å². The molecule has 0 amide bonds. The van der Waals surface area contributed by atoms with Crippen molar-refractivity contribution < 1.29 is 4.74 Å². The zero-order valence-corrected chi connectivity index (χ0v) is 7.16. The highest BCUT2D eigenvalue weighted by molar-refractivity contribution is 5.31. The van der Waals surface area contributed by atoms with Gasteiger partial charge in [-0.15, -0.1) is 0 Å². The summed E-state index contributed by atoms with van der Waals surface area (Å²) in [7, 11) is 0. The molecule has 12 heavy (non-hydrogen) atoms. The Hall–Kier alpha value is -1.08. The van der Waals surface area contributed by atoms with Crippen LogP contribution in [0.5, 0.6) is 0 Å². The maximum absolute atomic E-state index is 5.51. The molecule has 0 bridgehead atoms. The first kappa shape index (κ1) is 7.56. The molecule has 1 aliphatic heterocycles. The van der Waals surface area contributed by atoms with Gasteiger partial charge in [0.15, 0.2) is 0 Å². The van der Waals surface area contributed by atoms with Crippen LogP contribution in [0.4, 0.5) is 0 Å². The van der Waals surface area contributed by atoms with Crippen LogP contribution < -0.4 is 0 Å². The molecule has 1 unspecified atom stereocenters. The number of hydrogen-bond acceptors (Lipinski definition) is 1. The van der Waals surface area contributed by atoms with Crippen molar-refractivity contribution in [1.29, 1.82) is 0 Å². The molecule has 1 aliphatic rings. The van der Waals surface area contributed by atoms with Crippen molar-refractivity contribution in [1.82, 2.24) is 0 Å². The number of ether oxygens (including phenoxy) is 1. The minimum absolute atomic E-state index is 0.186. The lowest BCUT2D eigenvalue weighted by Crippen LogP contribution is -1.97. The van der Waals surface area contributed by atoms with Crippen LogP contribution in [0.25, 0.3) is 0 Å². The summed E-state index contributed by atoms with van der Waals surface area (Å²) >= 11 is 0. The lowest BCUT2D eigenvalue weighted by Gasteiger charge is -2.10. The van der Waals surface area contributed by atoms with Crippen molar-refractivity contribution in [3.05, 3.63) is 47.5 Å². The van der Waals surface area contributed by atoms with Crippen LogP contribution in [0.1, 0.15) is 17.2 Å². The van der Waals surface area contributed by atoms with Crippen molar-refractivity contribution in [2.45, 2.75) is 13.0 Å².